The molecule has 0 aromatic carbocycles. The molecular weight excluding hydrogens is 232 g/mol. The fourth-order valence-corrected chi connectivity index (χ4v) is 2.48. The number of ether oxygens (including phenoxy) is 1. The molecule has 0 spiro atoms. The highest BCUT2D eigenvalue weighted by molar-refractivity contribution is 5.76. The summed E-state index contributed by atoms with van der Waals surface area (Å²) in [7, 11) is 1.77. The van der Waals surface area contributed by atoms with Crippen molar-refractivity contribution >= 4 is 5.97 Å². The first-order chi connectivity index (χ1) is 8.55. The van der Waals surface area contributed by atoms with Crippen LogP contribution in [-0.4, -0.2) is 32.8 Å². The van der Waals surface area contributed by atoms with Crippen LogP contribution in [-0.2, 0) is 16.6 Å². The van der Waals surface area contributed by atoms with Gasteiger partial charge in [0.2, 0.25) is 0 Å². The second kappa shape index (κ2) is 5.04. The second-order valence-electron chi connectivity index (χ2n) is 5.19. The molecule has 6 heteroatoms. The minimum Gasteiger partial charge on any atom is -0.466 e. The average Bonchev–Trinajstić information content (AvgIpc) is 2.77. The maximum atomic E-state index is 11.9. The van der Waals surface area contributed by atoms with Crippen LogP contribution in [0.4, 0.5) is 0 Å². The number of carbonyl (C=O) groups excluding carboxylic acids is 1. The molecule has 1 saturated carbocycles. The first kappa shape index (κ1) is 13.0. The van der Waals surface area contributed by atoms with E-state index in [1.165, 1.54) is 4.80 Å². The number of nitrogens with zero attached hydrogens (tertiary/aromatic N) is 4. The maximum absolute atomic E-state index is 11.9. The van der Waals surface area contributed by atoms with Gasteiger partial charge in [-0.25, -0.2) is 0 Å². The molecule has 0 N–H and O–H groups in total. The fourth-order valence-electron chi connectivity index (χ4n) is 2.48. The minimum atomic E-state index is -0.339. The van der Waals surface area contributed by atoms with Crippen LogP contribution < -0.4 is 0 Å². The van der Waals surface area contributed by atoms with Crippen LogP contribution in [0.3, 0.4) is 0 Å². The van der Waals surface area contributed by atoms with E-state index in [-0.39, 0.29) is 11.4 Å². The number of hydrogen-bond donors (Lipinski definition) is 0. The fraction of sp³-hybridized carbons (Fsp3) is 0.833. The zero-order chi connectivity index (χ0) is 13.2. The molecule has 2 rings (SSSR count). The highest BCUT2D eigenvalue weighted by Crippen LogP contribution is 2.42. The van der Waals surface area contributed by atoms with Gasteiger partial charge in [0.15, 0.2) is 5.82 Å². The number of esters is 1. The third-order valence-corrected chi connectivity index (χ3v) is 3.75. The molecule has 1 aliphatic rings. The molecule has 18 heavy (non-hydrogen) atoms. The van der Waals surface area contributed by atoms with Gasteiger partial charge in [-0.05, 0) is 44.7 Å². The van der Waals surface area contributed by atoms with E-state index in [1.54, 1.807) is 7.05 Å². The van der Waals surface area contributed by atoms with E-state index in [9.17, 15) is 4.79 Å². The Labute approximate surface area is 107 Å². The SMILES string of the molecule is CCOC(=O)C1(C)CCC(c2nnn(C)n2)CC1. The largest absolute Gasteiger partial charge is 0.466 e. The van der Waals surface area contributed by atoms with Crippen molar-refractivity contribution in [2.45, 2.75) is 45.4 Å². The zero-order valence-corrected chi connectivity index (χ0v) is 11.2. The van der Waals surface area contributed by atoms with Gasteiger partial charge < -0.3 is 4.74 Å². The Morgan fingerprint density at radius 1 is 1.50 bits per heavy atom. The van der Waals surface area contributed by atoms with Crippen LogP contribution in [0.2, 0.25) is 0 Å². The summed E-state index contributed by atoms with van der Waals surface area (Å²) in [5.74, 6) is 1.04. The predicted octanol–water partition coefficient (Wildman–Crippen LogP) is 1.44. The van der Waals surface area contributed by atoms with Gasteiger partial charge in [0.05, 0.1) is 19.1 Å². The van der Waals surface area contributed by atoms with Crippen molar-refractivity contribution in [3.63, 3.8) is 0 Å². The summed E-state index contributed by atoms with van der Waals surface area (Å²) >= 11 is 0. The van der Waals surface area contributed by atoms with Gasteiger partial charge in [-0.3, -0.25) is 4.79 Å². The number of hydrogen-bond acceptors (Lipinski definition) is 5. The van der Waals surface area contributed by atoms with Gasteiger partial charge >= 0.3 is 5.97 Å². The summed E-state index contributed by atoms with van der Waals surface area (Å²) in [6.45, 7) is 4.28. The number of rotatable bonds is 3. The minimum absolute atomic E-state index is 0.0736. The molecule has 0 bridgehead atoms. The highest BCUT2D eigenvalue weighted by atomic mass is 16.5. The molecule has 0 amide bonds. The van der Waals surface area contributed by atoms with Crippen LogP contribution >= 0.6 is 0 Å². The molecular formula is C12H20N4O2. The van der Waals surface area contributed by atoms with Crippen molar-refractivity contribution in [1.82, 2.24) is 20.2 Å². The van der Waals surface area contributed by atoms with E-state index in [1.807, 2.05) is 13.8 Å². The Kier molecular flexibility index (Phi) is 3.63. The lowest BCUT2D eigenvalue weighted by atomic mass is 9.71. The molecule has 1 heterocycles. The molecule has 0 atom stereocenters. The van der Waals surface area contributed by atoms with E-state index >= 15 is 0 Å². The highest BCUT2D eigenvalue weighted by Gasteiger charge is 2.40. The maximum Gasteiger partial charge on any atom is 0.311 e. The first-order valence-electron chi connectivity index (χ1n) is 6.46. The number of tetrazole rings is 1. The van der Waals surface area contributed by atoms with Gasteiger partial charge in [0.1, 0.15) is 0 Å². The summed E-state index contributed by atoms with van der Waals surface area (Å²) in [5.41, 5.74) is -0.339. The van der Waals surface area contributed by atoms with Crippen LogP contribution in [0.25, 0.3) is 0 Å². The smallest absolute Gasteiger partial charge is 0.311 e. The van der Waals surface area contributed by atoms with Gasteiger partial charge in [-0.15, -0.1) is 10.2 Å². The van der Waals surface area contributed by atoms with Crippen molar-refractivity contribution in [1.29, 1.82) is 0 Å². The standard InChI is InChI=1S/C12H20N4O2/c1-4-18-11(17)12(2)7-5-9(6-8-12)10-13-15-16(3)14-10/h9H,4-8H2,1-3H3. The molecule has 1 aromatic heterocycles. The van der Waals surface area contributed by atoms with E-state index < -0.39 is 0 Å². The van der Waals surface area contributed by atoms with E-state index in [2.05, 4.69) is 15.4 Å². The van der Waals surface area contributed by atoms with Crippen molar-refractivity contribution < 1.29 is 9.53 Å². The van der Waals surface area contributed by atoms with Crippen molar-refractivity contribution in [3.05, 3.63) is 5.82 Å². The summed E-state index contributed by atoms with van der Waals surface area (Å²) in [4.78, 5) is 13.4. The van der Waals surface area contributed by atoms with Gasteiger partial charge in [-0.1, -0.05) is 0 Å². The number of aryl methyl sites for hydroxylation is 1. The molecule has 1 aromatic rings. The summed E-state index contributed by atoms with van der Waals surface area (Å²) in [6, 6.07) is 0. The molecule has 0 saturated heterocycles. The van der Waals surface area contributed by atoms with Gasteiger partial charge in [0, 0.05) is 5.92 Å². The summed E-state index contributed by atoms with van der Waals surface area (Å²) in [6.07, 6.45) is 3.49. The normalized spacial score (nSPS) is 28.1. The molecule has 6 nitrogen and oxygen atoms in total. The lowest BCUT2D eigenvalue weighted by Gasteiger charge is -2.34. The third-order valence-electron chi connectivity index (χ3n) is 3.75. The average molecular weight is 252 g/mol. The van der Waals surface area contributed by atoms with E-state index in [0.29, 0.717) is 12.5 Å². The third kappa shape index (κ3) is 2.52. The quantitative estimate of drug-likeness (QED) is 0.761. The van der Waals surface area contributed by atoms with E-state index in [4.69, 9.17) is 4.74 Å². The monoisotopic (exact) mass is 252 g/mol. The first-order valence-corrected chi connectivity index (χ1v) is 6.46. The lowest BCUT2D eigenvalue weighted by molar-refractivity contribution is -0.156. The molecule has 0 unspecified atom stereocenters. The molecule has 0 radical (unpaired) electrons. The number of aromatic nitrogens is 4. The van der Waals surface area contributed by atoms with Crippen molar-refractivity contribution in [3.8, 4) is 0 Å². The molecule has 1 fully saturated rings. The Hall–Kier alpha value is -1.46. The Morgan fingerprint density at radius 2 is 2.17 bits per heavy atom. The van der Waals surface area contributed by atoms with Gasteiger partial charge in [0.25, 0.3) is 0 Å². The van der Waals surface area contributed by atoms with Crippen LogP contribution in [0.15, 0.2) is 0 Å². The second-order valence-corrected chi connectivity index (χ2v) is 5.19. The van der Waals surface area contributed by atoms with Crippen LogP contribution in [0.5, 0.6) is 0 Å². The summed E-state index contributed by atoms with van der Waals surface area (Å²) in [5, 5.41) is 12.2. The van der Waals surface area contributed by atoms with Crippen LogP contribution in [0.1, 0.15) is 51.3 Å². The Morgan fingerprint density at radius 3 is 2.67 bits per heavy atom. The lowest BCUT2D eigenvalue weighted by Crippen LogP contribution is -2.34. The Bertz CT molecular complexity index is 421. The Balaban J connectivity index is 1.97. The zero-order valence-electron chi connectivity index (χ0n) is 11.2. The summed E-state index contributed by atoms with van der Waals surface area (Å²) < 4.78 is 5.14. The van der Waals surface area contributed by atoms with Crippen molar-refractivity contribution in [2.24, 2.45) is 12.5 Å². The van der Waals surface area contributed by atoms with Gasteiger partial charge in [-0.2, -0.15) is 4.80 Å². The van der Waals surface area contributed by atoms with Crippen molar-refractivity contribution in [2.75, 3.05) is 6.61 Å². The van der Waals surface area contributed by atoms with E-state index in [0.717, 1.165) is 31.5 Å². The molecule has 100 valence electrons. The number of carbonyl (C=O) groups is 1. The predicted molar refractivity (Wildman–Crippen MR) is 64.7 cm³/mol. The molecule has 0 aliphatic heterocycles. The van der Waals surface area contributed by atoms with Crippen LogP contribution in [0, 0.1) is 5.41 Å². The topological polar surface area (TPSA) is 69.9 Å². The molecule has 1 aliphatic carbocycles.